The first-order valence-corrected chi connectivity index (χ1v) is 9.48. The van der Waals surface area contributed by atoms with Crippen LogP contribution in [0.1, 0.15) is 23.9 Å². The highest BCUT2D eigenvalue weighted by atomic mass is 16.3. The van der Waals surface area contributed by atoms with Crippen molar-refractivity contribution in [1.82, 2.24) is 19.6 Å². The molecule has 4 heterocycles. The van der Waals surface area contributed by atoms with Crippen molar-refractivity contribution >= 4 is 28.6 Å². The number of aryl methyl sites for hydroxylation is 1. The van der Waals surface area contributed by atoms with E-state index in [0.717, 1.165) is 15.8 Å². The number of furan rings is 1. The van der Waals surface area contributed by atoms with E-state index >= 15 is 0 Å². The van der Waals surface area contributed by atoms with E-state index in [1.165, 1.54) is 10.5 Å². The first-order chi connectivity index (χ1) is 14.4. The number of hydrogen-bond donors (Lipinski definition) is 1. The van der Waals surface area contributed by atoms with E-state index in [0.29, 0.717) is 22.7 Å². The van der Waals surface area contributed by atoms with Crippen LogP contribution < -0.4 is 10.9 Å². The van der Waals surface area contributed by atoms with Crippen molar-refractivity contribution in [1.29, 1.82) is 0 Å². The number of amides is 3. The molecule has 1 saturated heterocycles. The van der Waals surface area contributed by atoms with Crippen LogP contribution in [0.2, 0.25) is 0 Å². The van der Waals surface area contributed by atoms with Crippen LogP contribution in [-0.4, -0.2) is 26.2 Å². The molecule has 4 aromatic rings. The van der Waals surface area contributed by atoms with Gasteiger partial charge >= 0.3 is 6.03 Å². The van der Waals surface area contributed by atoms with Crippen molar-refractivity contribution in [2.75, 3.05) is 0 Å². The molecule has 0 saturated carbocycles. The van der Waals surface area contributed by atoms with Crippen molar-refractivity contribution in [2.45, 2.75) is 25.9 Å². The highest BCUT2D eigenvalue weighted by molar-refractivity contribution is 6.07. The summed E-state index contributed by atoms with van der Waals surface area (Å²) in [7, 11) is 0. The molecule has 150 valence electrons. The van der Waals surface area contributed by atoms with E-state index in [-0.39, 0.29) is 12.1 Å². The number of imide groups is 1. The van der Waals surface area contributed by atoms with Crippen molar-refractivity contribution in [3.05, 3.63) is 82.1 Å². The van der Waals surface area contributed by atoms with E-state index in [2.05, 4.69) is 10.3 Å². The van der Waals surface area contributed by atoms with Crippen LogP contribution in [0.4, 0.5) is 4.79 Å². The maximum absolute atomic E-state index is 13.2. The van der Waals surface area contributed by atoms with Crippen LogP contribution in [0.25, 0.3) is 16.6 Å². The summed E-state index contributed by atoms with van der Waals surface area (Å²) in [6.45, 7) is 3.34. The van der Waals surface area contributed by atoms with Gasteiger partial charge in [-0.2, -0.15) is 0 Å². The van der Waals surface area contributed by atoms with E-state index < -0.39 is 17.5 Å². The molecule has 5 rings (SSSR count). The molecule has 0 aliphatic carbocycles. The lowest BCUT2D eigenvalue weighted by atomic mass is 9.99. The summed E-state index contributed by atoms with van der Waals surface area (Å²) >= 11 is 0. The number of nitrogens with one attached hydrogen (secondary N) is 1. The van der Waals surface area contributed by atoms with Gasteiger partial charge in [0.2, 0.25) is 0 Å². The monoisotopic (exact) mass is 402 g/mol. The van der Waals surface area contributed by atoms with Gasteiger partial charge in [-0.15, -0.1) is 0 Å². The summed E-state index contributed by atoms with van der Waals surface area (Å²) in [5, 5.41) is 3.56. The fourth-order valence-electron chi connectivity index (χ4n) is 3.79. The molecule has 1 aromatic carbocycles. The lowest BCUT2D eigenvalue weighted by molar-refractivity contribution is -0.132. The van der Waals surface area contributed by atoms with Crippen LogP contribution in [-0.2, 0) is 16.9 Å². The molecule has 0 radical (unpaired) electrons. The van der Waals surface area contributed by atoms with Gasteiger partial charge in [-0.25, -0.2) is 9.78 Å². The fraction of sp³-hybridized carbons (Fsp3) is 0.182. The molecule has 3 amide bonds. The molecule has 8 heteroatoms. The molecule has 1 fully saturated rings. The number of carbonyl (C=O) groups is 2. The second-order valence-electron chi connectivity index (χ2n) is 7.57. The zero-order chi connectivity index (χ0) is 21.0. The lowest BCUT2D eigenvalue weighted by Gasteiger charge is -2.19. The Morgan fingerprint density at radius 1 is 1.10 bits per heavy atom. The SMILES string of the molecule is Cc1cccn2c(=O)cc(CN3C(=O)N[C@](C)(c4cc5ccccc5o4)C3=O)nc12. The molecule has 1 atom stereocenters. The molecule has 8 nitrogen and oxygen atoms in total. The van der Waals surface area contributed by atoms with Gasteiger partial charge < -0.3 is 9.73 Å². The zero-order valence-corrected chi connectivity index (χ0v) is 16.4. The Balaban J connectivity index is 1.51. The molecule has 0 unspecified atom stereocenters. The van der Waals surface area contributed by atoms with Crippen molar-refractivity contribution in [3.63, 3.8) is 0 Å². The smallest absolute Gasteiger partial charge is 0.325 e. The Bertz CT molecular complexity index is 1370. The maximum Gasteiger partial charge on any atom is 0.325 e. The summed E-state index contributed by atoms with van der Waals surface area (Å²) < 4.78 is 7.27. The summed E-state index contributed by atoms with van der Waals surface area (Å²) in [6.07, 6.45) is 1.63. The topological polar surface area (TPSA) is 96.9 Å². The quantitative estimate of drug-likeness (QED) is 0.532. The molecule has 0 bridgehead atoms. The Kier molecular flexibility index (Phi) is 3.79. The van der Waals surface area contributed by atoms with Crippen molar-refractivity contribution in [3.8, 4) is 0 Å². The number of para-hydroxylation sites is 1. The van der Waals surface area contributed by atoms with Gasteiger partial charge in [-0.3, -0.25) is 18.9 Å². The van der Waals surface area contributed by atoms with E-state index in [1.54, 1.807) is 31.3 Å². The number of pyridine rings is 1. The molecule has 30 heavy (non-hydrogen) atoms. The number of aromatic nitrogens is 2. The molecule has 1 aliphatic rings. The number of carbonyl (C=O) groups excluding carboxylic acids is 2. The van der Waals surface area contributed by atoms with Crippen LogP contribution in [0, 0.1) is 6.92 Å². The van der Waals surface area contributed by atoms with E-state index in [1.807, 2.05) is 31.2 Å². The number of hydrogen-bond acceptors (Lipinski definition) is 5. The average Bonchev–Trinajstić information content (AvgIpc) is 3.25. The minimum Gasteiger partial charge on any atom is -0.458 e. The number of benzene rings is 1. The second-order valence-corrected chi connectivity index (χ2v) is 7.57. The predicted molar refractivity (Wildman–Crippen MR) is 109 cm³/mol. The number of urea groups is 1. The molecule has 1 aliphatic heterocycles. The molecule has 1 N–H and O–H groups in total. The van der Waals surface area contributed by atoms with E-state index in [4.69, 9.17) is 4.42 Å². The Hall–Kier alpha value is -3.94. The van der Waals surface area contributed by atoms with Crippen LogP contribution in [0.15, 0.2) is 63.9 Å². The third kappa shape index (κ3) is 2.61. The Morgan fingerprint density at radius 3 is 2.70 bits per heavy atom. The fourth-order valence-corrected chi connectivity index (χ4v) is 3.79. The van der Waals surface area contributed by atoms with Gasteiger partial charge in [0.25, 0.3) is 11.5 Å². The van der Waals surface area contributed by atoms with Gasteiger partial charge in [0, 0.05) is 17.6 Å². The largest absolute Gasteiger partial charge is 0.458 e. The number of rotatable bonds is 3. The first kappa shape index (κ1) is 18.1. The standard InChI is InChI=1S/C22H18N4O4/c1-13-6-5-9-25-18(27)11-15(23-19(13)25)12-26-20(28)22(2,24-21(26)29)17-10-14-7-3-4-8-16(14)30-17/h3-11H,12H2,1-2H3,(H,24,29)/t22-/m1/s1. The van der Waals surface area contributed by atoms with Crippen LogP contribution in [0.5, 0.6) is 0 Å². The van der Waals surface area contributed by atoms with Crippen LogP contribution in [0.3, 0.4) is 0 Å². The maximum atomic E-state index is 13.2. The minimum absolute atomic E-state index is 0.111. The first-order valence-electron chi connectivity index (χ1n) is 9.48. The van der Waals surface area contributed by atoms with Gasteiger partial charge in [0.15, 0.2) is 5.54 Å². The third-order valence-electron chi connectivity index (χ3n) is 5.45. The Morgan fingerprint density at radius 2 is 1.90 bits per heavy atom. The summed E-state index contributed by atoms with van der Waals surface area (Å²) in [5.41, 5.74) is 0.678. The average molecular weight is 402 g/mol. The normalized spacial score (nSPS) is 19.1. The molecule has 0 spiro atoms. The number of fused-ring (bicyclic) bond motifs is 2. The summed E-state index contributed by atoms with van der Waals surface area (Å²) in [4.78, 5) is 43.8. The predicted octanol–water partition coefficient (Wildman–Crippen LogP) is 2.72. The van der Waals surface area contributed by atoms with Gasteiger partial charge in [0.1, 0.15) is 17.0 Å². The molecule has 3 aromatic heterocycles. The minimum atomic E-state index is -1.34. The number of nitrogens with zero attached hydrogens (tertiary/aromatic N) is 3. The lowest BCUT2D eigenvalue weighted by Crippen LogP contribution is -2.40. The third-order valence-corrected chi connectivity index (χ3v) is 5.45. The van der Waals surface area contributed by atoms with Gasteiger partial charge in [0.05, 0.1) is 12.2 Å². The van der Waals surface area contributed by atoms with Crippen LogP contribution >= 0.6 is 0 Å². The molecular formula is C22H18N4O4. The second kappa shape index (κ2) is 6.28. The summed E-state index contributed by atoms with van der Waals surface area (Å²) in [6, 6.07) is 13.5. The van der Waals surface area contributed by atoms with E-state index in [9.17, 15) is 14.4 Å². The van der Waals surface area contributed by atoms with Crippen molar-refractivity contribution < 1.29 is 14.0 Å². The Labute approximate surface area is 170 Å². The zero-order valence-electron chi connectivity index (χ0n) is 16.4. The van der Waals surface area contributed by atoms with Gasteiger partial charge in [-0.1, -0.05) is 24.3 Å². The highest BCUT2D eigenvalue weighted by Crippen LogP contribution is 2.33. The summed E-state index contributed by atoms with van der Waals surface area (Å²) in [5.74, 6) is -0.106. The van der Waals surface area contributed by atoms with Gasteiger partial charge in [-0.05, 0) is 37.6 Å². The highest BCUT2D eigenvalue weighted by Gasteiger charge is 2.51. The molecular weight excluding hydrogens is 384 g/mol. The van der Waals surface area contributed by atoms with Crippen molar-refractivity contribution in [2.24, 2.45) is 0 Å².